The summed E-state index contributed by atoms with van der Waals surface area (Å²) in [4.78, 5) is 0. The monoisotopic (exact) mass is 196 g/mol. The van der Waals surface area contributed by atoms with Gasteiger partial charge in [-0.05, 0) is 22.0 Å². The summed E-state index contributed by atoms with van der Waals surface area (Å²) in [7, 11) is 0. The number of hydrogen-bond donors (Lipinski definition) is 1. The van der Waals surface area contributed by atoms with Crippen LogP contribution in [-0.2, 0) is 0 Å². The highest BCUT2D eigenvalue weighted by atomic mass is 16.3. The second kappa shape index (κ2) is 3.90. The van der Waals surface area contributed by atoms with Gasteiger partial charge in [0.1, 0.15) is 0 Å². The fourth-order valence-electron chi connectivity index (χ4n) is 1.03. The third-order valence-electron chi connectivity index (χ3n) is 2.59. The summed E-state index contributed by atoms with van der Waals surface area (Å²) in [6.45, 7) is 20.2. The molecule has 0 amide bonds. The Hall–Kier alpha value is -0.560. The quantitative estimate of drug-likeness (QED) is 0.670. The zero-order valence-electron chi connectivity index (χ0n) is 10.4. The molecule has 0 aromatic carbocycles. The lowest BCUT2D eigenvalue weighted by atomic mass is 9.76. The van der Waals surface area contributed by atoms with Crippen LogP contribution >= 0.6 is 0 Å². The average molecular weight is 196 g/mol. The Morgan fingerprint density at radius 1 is 0.857 bits per heavy atom. The van der Waals surface area contributed by atoms with E-state index >= 15 is 0 Å². The first-order valence-corrected chi connectivity index (χ1v) is 5.04. The summed E-state index contributed by atoms with van der Waals surface area (Å²) in [5.74, 6) is 0. The second-order valence-corrected chi connectivity index (χ2v) is 5.95. The molecule has 1 heteroatoms. The molecule has 0 aliphatic carbocycles. The van der Waals surface area contributed by atoms with E-state index in [1.54, 1.807) is 0 Å². The Labute approximate surface area is 88.5 Å². The highest BCUT2D eigenvalue weighted by molar-refractivity contribution is 5.26. The Balaban J connectivity index is 4.74. The van der Waals surface area contributed by atoms with Crippen LogP contribution in [0.1, 0.15) is 41.5 Å². The van der Waals surface area contributed by atoms with Crippen LogP contribution in [0, 0.1) is 10.8 Å². The van der Waals surface area contributed by atoms with Crippen molar-refractivity contribution in [3.8, 4) is 0 Å². The number of aliphatic hydroxyl groups excluding tert-OH is 1. The standard InChI is InChI=1S/C13H24O/c1-9(12(3,4)5)11(14)10(2)13(6,7)8/h11,14H,1-2H2,3-8H3. The van der Waals surface area contributed by atoms with Crippen molar-refractivity contribution in [3.05, 3.63) is 24.3 Å². The van der Waals surface area contributed by atoms with Gasteiger partial charge in [0.05, 0.1) is 6.10 Å². The van der Waals surface area contributed by atoms with E-state index in [2.05, 4.69) is 54.7 Å². The molecule has 0 rings (SSSR count). The number of aliphatic hydroxyl groups is 1. The van der Waals surface area contributed by atoms with E-state index in [1.807, 2.05) is 0 Å². The van der Waals surface area contributed by atoms with Crippen LogP contribution in [0.2, 0.25) is 0 Å². The van der Waals surface area contributed by atoms with Crippen molar-refractivity contribution in [2.75, 3.05) is 0 Å². The average Bonchev–Trinajstić information content (AvgIpc) is 1.97. The lowest BCUT2D eigenvalue weighted by Gasteiger charge is -2.32. The minimum absolute atomic E-state index is 0.0758. The van der Waals surface area contributed by atoms with Crippen molar-refractivity contribution >= 4 is 0 Å². The lowest BCUT2D eigenvalue weighted by molar-refractivity contribution is 0.195. The van der Waals surface area contributed by atoms with Crippen LogP contribution in [-0.4, -0.2) is 11.2 Å². The van der Waals surface area contributed by atoms with E-state index in [9.17, 15) is 5.11 Å². The molecule has 1 N–H and O–H groups in total. The maximum atomic E-state index is 10.1. The summed E-state index contributed by atoms with van der Waals surface area (Å²) in [6.07, 6.45) is -0.602. The third-order valence-corrected chi connectivity index (χ3v) is 2.59. The topological polar surface area (TPSA) is 20.2 Å². The molecule has 1 nitrogen and oxygen atoms in total. The normalized spacial score (nSPS) is 13.1. The molecule has 0 aliphatic heterocycles. The van der Waals surface area contributed by atoms with Crippen molar-refractivity contribution in [3.63, 3.8) is 0 Å². The Morgan fingerprint density at radius 2 is 1.07 bits per heavy atom. The van der Waals surface area contributed by atoms with E-state index in [0.717, 1.165) is 11.1 Å². The van der Waals surface area contributed by atoms with Crippen molar-refractivity contribution in [2.45, 2.75) is 47.6 Å². The number of rotatable bonds is 2. The molecule has 0 saturated heterocycles. The van der Waals surface area contributed by atoms with E-state index in [0.29, 0.717) is 0 Å². The molecule has 0 aromatic heterocycles. The molecule has 0 saturated carbocycles. The highest BCUT2D eigenvalue weighted by Gasteiger charge is 2.28. The highest BCUT2D eigenvalue weighted by Crippen LogP contribution is 2.35. The minimum Gasteiger partial charge on any atom is -0.384 e. The van der Waals surface area contributed by atoms with Gasteiger partial charge in [0.15, 0.2) is 0 Å². The third kappa shape index (κ3) is 3.30. The van der Waals surface area contributed by atoms with Crippen LogP contribution in [0.3, 0.4) is 0 Å². The van der Waals surface area contributed by atoms with Gasteiger partial charge in [-0.2, -0.15) is 0 Å². The molecule has 0 fully saturated rings. The van der Waals surface area contributed by atoms with Gasteiger partial charge in [0.25, 0.3) is 0 Å². The van der Waals surface area contributed by atoms with Gasteiger partial charge in [0, 0.05) is 0 Å². The van der Waals surface area contributed by atoms with Crippen molar-refractivity contribution in [2.24, 2.45) is 10.8 Å². The van der Waals surface area contributed by atoms with Gasteiger partial charge >= 0.3 is 0 Å². The molecule has 0 aliphatic rings. The van der Waals surface area contributed by atoms with E-state index in [-0.39, 0.29) is 10.8 Å². The first-order chi connectivity index (χ1) is 5.98. The summed E-state index contributed by atoms with van der Waals surface area (Å²) in [6, 6.07) is 0. The molecule has 0 spiro atoms. The SMILES string of the molecule is C=C(C(O)C(=C)C(C)(C)C)C(C)(C)C. The van der Waals surface area contributed by atoms with Gasteiger partial charge in [-0.15, -0.1) is 0 Å². The molecule has 0 bridgehead atoms. The van der Waals surface area contributed by atoms with Crippen molar-refractivity contribution < 1.29 is 5.11 Å². The van der Waals surface area contributed by atoms with E-state index in [4.69, 9.17) is 0 Å². The fourth-order valence-corrected chi connectivity index (χ4v) is 1.03. The van der Waals surface area contributed by atoms with Gasteiger partial charge < -0.3 is 5.11 Å². The largest absolute Gasteiger partial charge is 0.384 e. The van der Waals surface area contributed by atoms with Crippen LogP contribution < -0.4 is 0 Å². The number of hydrogen-bond acceptors (Lipinski definition) is 1. The van der Waals surface area contributed by atoms with Crippen LogP contribution in [0.4, 0.5) is 0 Å². The summed E-state index contributed by atoms with van der Waals surface area (Å²) < 4.78 is 0. The first kappa shape index (κ1) is 13.4. The molecular formula is C13H24O. The maximum absolute atomic E-state index is 10.1. The van der Waals surface area contributed by atoms with Crippen molar-refractivity contribution in [1.82, 2.24) is 0 Å². The van der Waals surface area contributed by atoms with Crippen molar-refractivity contribution in [1.29, 1.82) is 0 Å². The fraction of sp³-hybridized carbons (Fsp3) is 0.692. The van der Waals surface area contributed by atoms with Gasteiger partial charge in [0.2, 0.25) is 0 Å². The lowest BCUT2D eigenvalue weighted by Crippen LogP contribution is -2.28. The zero-order valence-corrected chi connectivity index (χ0v) is 10.4. The maximum Gasteiger partial charge on any atom is 0.0966 e. The van der Waals surface area contributed by atoms with Gasteiger partial charge in [-0.25, -0.2) is 0 Å². The first-order valence-electron chi connectivity index (χ1n) is 5.04. The molecule has 0 aromatic rings. The second-order valence-electron chi connectivity index (χ2n) is 5.95. The summed E-state index contributed by atoms with van der Waals surface area (Å²) >= 11 is 0. The molecule has 14 heavy (non-hydrogen) atoms. The Bertz CT molecular complexity index is 209. The molecule has 0 atom stereocenters. The van der Waals surface area contributed by atoms with Gasteiger partial charge in [-0.3, -0.25) is 0 Å². The predicted molar refractivity (Wildman–Crippen MR) is 63.2 cm³/mol. The molecular weight excluding hydrogens is 172 g/mol. The van der Waals surface area contributed by atoms with Crippen LogP contribution in [0.5, 0.6) is 0 Å². The van der Waals surface area contributed by atoms with Crippen LogP contribution in [0.15, 0.2) is 24.3 Å². The Morgan fingerprint density at radius 3 is 1.21 bits per heavy atom. The van der Waals surface area contributed by atoms with E-state index < -0.39 is 6.10 Å². The van der Waals surface area contributed by atoms with Gasteiger partial charge in [-0.1, -0.05) is 54.7 Å². The smallest absolute Gasteiger partial charge is 0.0966 e. The van der Waals surface area contributed by atoms with Crippen LogP contribution in [0.25, 0.3) is 0 Å². The molecule has 82 valence electrons. The summed E-state index contributed by atoms with van der Waals surface area (Å²) in [5.41, 5.74) is 1.51. The molecule has 0 unspecified atom stereocenters. The molecule has 0 heterocycles. The summed E-state index contributed by atoms with van der Waals surface area (Å²) in [5, 5.41) is 10.1. The van der Waals surface area contributed by atoms with E-state index in [1.165, 1.54) is 0 Å². The predicted octanol–water partition coefficient (Wildman–Crippen LogP) is 3.55. The Kier molecular flexibility index (Phi) is 3.74. The molecule has 0 radical (unpaired) electrons. The minimum atomic E-state index is -0.602. The zero-order chi connectivity index (χ0) is 11.7.